The van der Waals surface area contributed by atoms with E-state index in [0.717, 1.165) is 11.6 Å². The molecule has 0 spiro atoms. The van der Waals surface area contributed by atoms with Crippen molar-refractivity contribution in [1.29, 1.82) is 0 Å². The second-order valence-electron chi connectivity index (χ2n) is 10.8. The summed E-state index contributed by atoms with van der Waals surface area (Å²) in [4.78, 5) is 32.2. The Kier molecular flexibility index (Phi) is 8.00. The van der Waals surface area contributed by atoms with Gasteiger partial charge in [-0.1, -0.05) is 35.9 Å². The third kappa shape index (κ3) is 5.89. The number of carbonyl (C=O) groups is 2. The normalized spacial score (nSPS) is 21.2. The van der Waals surface area contributed by atoms with Crippen LogP contribution in [0.1, 0.15) is 44.2 Å². The highest BCUT2D eigenvalue weighted by Crippen LogP contribution is 2.38. The van der Waals surface area contributed by atoms with Crippen molar-refractivity contribution in [1.82, 2.24) is 14.7 Å². The summed E-state index contributed by atoms with van der Waals surface area (Å²) < 4.78 is 28.3. The minimum atomic E-state index is -0.625. The zero-order valence-corrected chi connectivity index (χ0v) is 21.9. The molecule has 2 aromatic rings. The van der Waals surface area contributed by atoms with Gasteiger partial charge in [-0.05, 0) is 50.5 Å². The summed E-state index contributed by atoms with van der Waals surface area (Å²) in [6, 6.07) is 11.1. The molecular weight excluding hydrogens is 484 g/mol. The standard InChI is InChI=1S/C28H34ClF2N3O2/c1-28(2,3)34-17-22(21-10-9-20(30)16-25(21)31)23(18-34)27(36)33-14-12-32(13-15-33)26(35)11-8-19-6-4-5-7-24(19)29/h4-7,9-10,16,22-23H,8,11-15,17-18H2,1-3H3/t22-,23+/m0/s1. The lowest BCUT2D eigenvalue weighted by Crippen LogP contribution is -2.52. The minimum Gasteiger partial charge on any atom is -0.339 e. The van der Waals surface area contributed by atoms with Gasteiger partial charge in [-0.25, -0.2) is 8.78 Å². The predicted molar refractivity (Wildman–Crippen MR) is 137 cm³/mol. The molecule has 0 aromatic heterocycles. The first-order chi connectivity index (χ1) is 17.0. The van der Waals surface area contributed by atoms with Crippen LogP contribution < -0.4 is 0 Å². The van der Waals surface area contributed by atoms with Crippen molar-refractivity contribution in [2.45, 2.75) is 45.1 Å². The molecular formula is C28H34ClF2N3O2. The number of likely N-dealkylation sites (tertiary alicyclic amines) is 1. The van der Waals surface area contributed by atoms with Crippen LogP contribution in [-0.2, 0) is 16.0 Å². The molecule has 5 nitrogen and oxygen atoms in total. The molecule has 2 aliphatic heterocycles. The maximum Gasteiger partial charge on any atom is 0.227 e. The summed E-state index contributed by atoms with van der Waals surface area (Å²) in [6.45, 7) is 9.10. The van der Waals surface area contributed by atoms with Crippen molar-refractivity contribution >= 4 is 23.4 Å². The van der Waals surface area contributed by atoms with Crippen LogP contribution >= 0.6 is 11.6 Å². The zero-order chi connectivity index (χ0) is 26.0. The number of benzene rings is 2. The number of carbonyl (C=O) groups excluding carboxylic acids is 2. The lowest BCUT2D eigenvalue weighted by atomic mass is 9.87. The van der Waals surface area contributed by atoms with Gasteiger partial charge >= 0.3 is 0 Å². The minimum absolute atomic E-state index is 0.0290. The van der Waals surface area contributed by atoms with Crippen molar-refractivity contribution in [2.75, 3.05) is 39.3 Å². The largest absolute Gasteiger partial charge is 0.339 e. The molecule has 2 aromatic carbocycles. The Balaban J connectivity index is 1.40. The molecule has 8 heteroatoms. The molecule has 2 amide bonds. The third-order valence-electron chi connectivity index (χ3n) is 7.46. The Hall–Kier alpha value is -2.51. The topological polar surface area (TPSA) is 43.9 Å². The highest BCUT2D eigenvalue weighted by Gasteiger charge is 2.44. The van der Waals surface area contributed by atoms with Gasteiger partial charge in [-0.2, -0.15) is 0 Å². The van der Waals surface area contributed by atoms with Gasteiger partial charge in [0.2, 0.25) is 11.8 Å². The second-order valence-corrected chi connectivity index (χ2v) is 11.2. The van der Waals surface area contributed by atoms with Gasteiger partial charge in [0.15, 0.2) is 0 Å². The van der Waals surface area contributed by atoms with Crippen molar-refractivity contribution in [3.63, 3.8) is 0 Å². The first-order valence-electron chi connectivity index (χ1n) is 12.5. The summed E-state index contributed by atoms with van der Waals surface area (Å²) in [6.07, 6.45) is 0.944. The average molecular weight is 518 g/mol. The molecule has 2 aliphatic rings. The summed E-state index contributed by atoms with van der Waals surface area (Å²) in [5.41, 5.74) is 1.15. The van der Waals surface area contributed by atoms with Gasteiger partial charge < -0.3 is 9.80 Å². The van der Waals surface area contributed by atoms with E-state index in [0.29, 0.717) is 62.7 Å². The number of hydrogen-bond acceptors (Lipinski definition) is 3. The quantitative estimate of drug-likeness (QED) is 0.575. The fourth-order valence-electron chi connectivity index (χ4n) is 5.23. The molecule has 2 atom stereocenters. The van der Waals surface area contributed by atoms with E-state index in [9.17, 15) is 18.4 Å². The first kappa shape index (κ1) is 26.6. The van der Waals surface area contributed by atoms with Crippen LogP contribution in [0.25, 0.3) is 0 Å². The maximum atomic E-state index is 14.7. The predicted octanol–water partition coefficient (Wildman–Crippen LogP) is 4.74. The highest BCUT2D eigenvalue weighted by molar-refractivity contribution is 6.31. The molecule has 0 bridgehead atoms. The van der Waals surface area contributed by atoms with E-state index < -0.39 is 17.6 Å². The fourth-order valence-corrected chi connectivity index (χ4v) is 5.46. The molecule has 0 N–H and O–H groups in total. The van der Waals surface area contributed by atoms with Crippen molar-refractivity contribution in [2.24, 2.45) is 5.92 Å². The van der Waals surface area contributed by atoms with E-state index in [4.69, 9.17) is 11.6 Å². The van der Waals surface area contributed by atoms with E-state index in [2.05, 4.69) is 25.7 Å². The molecule has 0 unspecified atom stereocenters. The second kappa shape index (κ2) is 10.9. The van der Waals surface area contributed by atoms with Gasteiger partial charge in [-0.3, -0.25) is 14.5 Å². The summed E-state index contributed by atoms with van der Waals surface area (Å²) in [5, 5.41) is 0.661. The van der Waals surface area contributed by atoms with Crippen LogP contribution in [0, 0.1) is 17.6 Å². The molecule has 194 valence electrons. The number of halogens is 3. The van der Waals surface area contributed by atoms with Crippen molar-refractivity contribution in [3.05, 3.63) is 70.2 Å². The summed E-state index contributed by atoms with van der Waals surface area (Å²) >= 11 is 6.21. The van der Waals surface area contributed by atoms with Crippen molar-refractivity contribution < 1.29 is 18.4 Å². The smallest absolute Gasteiger partial charge is 0.227 e. The molecule has 0 saturated carbocycles. The first-order valence-corrected chi connectivity index (χ1v) is 12.9. The van der Waals surface area contributed by atoms with E-state index in [1.54, 1.807) is 9.80 Å². The van der Waals surface area contributed by atoms with Crippen LogP contribution in [-0.4, -0.2) is 71.3 Å². The molecule has 36 heavy (non-hydrogen) atoms. The Morgan fingerprint density at radius 2 is 1.64 bits per heavy atom. The fraction of sp³-hybridized carbons (Fsp3) is 0.500. The van der Waals surface area contributed by atoms with Gasteiger partial charge in [0.1, 0.15) is 11.6 Å². The maximum absolute atomic E-state index is 14.7. The van der Waals surface area contributed by atoms with Crippen LogP contribution in [0.3, 0.4) is 0 Å². The number of hydrogen-bond donors (Lipinski definition) is 0. The SMILES string of the molecule is CC(C)(C)N1C[C@@H](C(=O)N2CCN(C(=O)CCc3ccccc3Cl)CC2)[C@H](c2ccc(F)cc2F)C1. The lowest BCUT2D eigenvalue weighted by molar-refractivity contribution is -0.142. The molecule has 0 radical (unpaired) electrons. The average Bonchev–Trinajstić information content (AvgIpc) is 3.29. The number of rotatable bonds is 5. The van der Waals surface area contributed by atoms with Gasteiger partial charge in [0.05, 0.1) is 5.92 Å². The highest BCUT2D eigenvalue weighted by atomic mass is 35.5. The Morgan fingerprint density at radius 1 is 0.972 bits per heavy atom. The van der Waals surface area contributed by atoms with Gasteiger partial charge in [0.25, 0.3) is 0 Å². The number of amides is 2. The van der Waals surface area contributed by atoms with E-state index >= 15 is 0 Å². The van der Waals surface area contributed by atoms with E-state index in [1.165, 1.54) is 12.1 Å². The van der Waals surface area contributed by atoms with Crippen LogP contribution in [0.4, 0.5) is 8.78 Å². The molecule has 2 fully saturated rings. The molecule has 2 saturated heterocycles. The molecule has 0 aliphatic carbocycles. The number of nitrogens with zero attached hydrogens (tertiary/aromatic N) is 3. The monoisotopic (exact) mass is 517 g/mol. The number of aryl methyl sites for hydroxylation is 1. The summed E-state index contributed by atoms with van der Waals surface area (Å²) in [5.74, 6) is -1.99. The van der Waals surface area contributed by atoms with E-state index in [-0.39, 0.29) is 23.3 Å². The third-order valence-corrected chi connectivity index (χ3v) is 7.83. The van der Waals surface area contributed by atoms with Crippen LogP contribution in [0.2, 0.25) is 5.02 Å². The van der Waals surface area contributed by atoms with Crippen LogP contribution in [0.5, 0.6) is 0 Å². The summed E-state index contributed by atoms with van der Waals surface area (Å²) in [7, 11) is 0. The van der Waals surface area contributed by atoms with E-state index in [1.807, 2.05) is 24.3 Å². The zero-order valence-electron chi connectivity index (χ0n) is 21.1. The number of piperazine rings is 1. The Morgan fingerprint density at radius 3 is 2.28 bits per heavy atom. The van der Waals surface area contributed by atoms with Crippen LogP contribution in [0.15, 0.2) is 42.5 Å². The van der Waals surface area contributed by atoms with Gasteiger partial charge in [-0.15, -0.1) is 0 Å². The Bertz CT molecular complexity index is 1110. The van der Waals surface area contributed by atoms with Gasteiger partial charge in [0, 0.05) is 68.2 Å². The molecule has 4 rings (SSSR count). The lowest BCUT2D eigenvalue weighted by Gasteiger charge is -2.37. The van der Waals surface area contributed by atoms with Crippen molar-refractivity contribution in [3.8, 4) is 0 Å². The Labute approximate surface area is 217 Å². The molecule has 2 heterocycles.